The fourth-order valence-corrected chi connectivity index (χ4v) is 4.73. The molecule has 2 aromatic carbocycles. The topological polar surface area (TPSA) is 77.5 Å². The van der Waals surface area contributed by atoms with Gasteiger partial charge < -0.3 is 4.57 Å². The Balaban J connectivity index is 1.89. The summed E-state index contributed by atoms with van der Waals surface area (Å²) in [5, 5.41) is 11.0. The highest BCUT2D eigenvalue weighted by molar-refractivity contribution is 8.00. The zero-order chi connectivity index (χ0) is 20.1. The minimum atomic E-state index is -0.411. The van der Waals surface area contributed by atoms with E-state index in [1.807, 2.05) is 42.0 Å². The van der Waals surface area contributed by atoms with Gasteiger partial charge in [-0.1, -0.05) is 29.0 Å². The van der Waals surface area contributed by atoms with Crippen molar-refractivity contribution in [3.8, 4) is 0 Å². The SMILES string of the molecule is CSCCn1c(=NC(=O)CSc2ccc(C)cc2)sc2cc([N+](=O)[O-])ccc21. The molecule has 0 atom stereocenters. The zero-order valence-corrected chi connectivity index (χ0v) is 17.9. The van der Waals surface area contributed by atoms with Crippen molar-refractivity contribution < 1.29 is 9.72 Å². The van der Waals surface area contributed by atoms with E-state index < -0.39 is 4.92 Å². The zero-order valence-electron chi connectivity index (χ0n) is 15.5. The van der Waals surface area contributed by atoms with Crippen LogP contribution in [0.2, 0.25) is 0 Å². The number of thioether (sulfide) groups is 2. The van der Waals surface area contributed by atoms with Gasteiger partial charge in [-0.25, -0.2) is 0 Å². The number of aryl methyl sites for hydroxylation is 2. The molecule has 3 aromatic rings. The maximum atomic E-state index is 12.4. The second kappa shape index (κ2) is 9.40. The smallest absolute Gasteiger partial charge is 0.270 e. The first-order valence-corrected chi connectivity index (χ1v) is 11.7. The number of hydrogen-bond donors (Lipinski definition) is 0. The van der Waals surface area contributed by atoms with E-state index in [1.165, 1.54) is 34.7 Å². The third kappa shape index (κ3) is 5.03. The van der Waals surface area contributed by atoms with Crippen LogP contribution in [-0.4, -0.2) is 33.2 Å². The molecule has 1 heterocycles. The molecule has 146 valence electrons. The summed E-state index contributed by atoms with van der Waals surface area (Å²) in [6, 6.07) is 12.8. The van der Waals surface area contributed by atoms with Crippen molar-refractivity contribution >= 4 is 56.7 Å². The summed E-state index contributed by atoms with van der Waals surface area (Å²) in [7, 11) is 0. The van der Waals surface area contributed by atoms with E-state index in [2.05, 4.69) is 4.99 Å². The Morgan fingerprint density at radius 2 is 2.00 bits per heavy atom. The lowest BCUT2D eigenvalue weighted by atomic mass is 10.2. The van der Waals surface area contributed by atoms with E-state index >= 15 is 0 Å². The number of carbonyl (C=O) groups is 1. The van der Waals surface area contributed by atoms with Gasteiger partial charge in [-0.15, -0.1) is 11.8 Å². The van der Waals surface area contributed by atoms with Crippen molar-refractivity contribution in [2.75, 3.05) is 17.8 Å². The third-order valence-electron chi connectivity index (χ3n) is 4.00. The molecule has 0 saturated heterocycles. The van der Waals surface area contributed by atoms with E-state index in [-0.39, 0.29) is 17.3 Å². The van der Waals surface area contributed by atoms with E-state index in [1.54, 1.807) is 23.9 Å². The quantitative estimate of drug-likeness (QED) is 0.311. The number of rotatable bonds is 7. The van der Waals surface area contributed by atoms with Crippen molar-refractivity contribution in [2.24, 2.45) is 4.99 Å². The minimum Gasteiger partial charge on any atom is -0.316 e. The number of aromatic nitrogens is 1. The number of non-ortho nitro benzene ring substituents is 1. The van der Waals surface area contributed by atoms with Crippen LogP contribution in [0.25, 0.3) is 10.2 Å². The second-order valence-electron chi connectivity index (χ2n) is 6.05. The number of nitro groups is 1. The van der Waals surface area contributed by atoms with Crippen molar-refractivity contribution in [3.05, 3.63) is 62.9 Å². The van der Waals surface area contributed by atoms with Crippen LogP contribution in [0.4, 0.5) is 5.69 Å². The summed E-state index contributed by atoms with van der Waals surface area (Å²) in [4.78, 5) is 29.0. The van der Waals surface area contributed by atoms with Crippen LogP contribution in [0.1, 0.15) is 5.56 Å². The highest BCUT2D eigenvalue weighted by atomic mass is 32.2. The molecule has 0 aliphatic carbocycles. The number of hydrogen-bond acceptors (Lipinski definition) is 6. The summed E-state index contributed by atoms with van der Waals surface area (Å²) in [5.41, 5.74) is 2.08. The molecule has 28 heavy (non-hydrogen) atoms. The molecule has 0 bridgehead atoms. The number of thiazole rings is 1. The van der Waals surface area contributed by atoms with E-state index in [9.17, 15) is 14.9 Å². The van der Waals surface area contributed by atoms with Crippen molar-refractivity contribution in [1.29, 1.82) is 0 Å². The number of nitrogens with zero attached hydrogens (tertiary/aromatic N) is 3. The predicted octanol–water partition coefficient (Wildman–Crippen LogP) is 4.50. The van der Waals surface area contributed by atoms with Crippen LogP contribution in [0.5, 0.6) is 0 Å². The highest BCUT2D eigenvalue weighted by Crippen LogP contribution is 2.24. The van der Waals surface area contributed by atoms with Crippen molar-refractivity contribution in [3.63, 3.8) is 0 Å². The van der Waals surface area contributed by atoms with Crippen LogP contribution in [-0.2, 0) is 11.3 Å². The molecule has 6 nitrogen and oxygen atoms in total. The Morgan fingerprint density at radius 1 is 1.25 bits per heavy atom. The summed E-state index contributed by atoms with van der Waals surface area (Å²) < 4.78 is 2.72. The van der Waals surface area contributed by atoms with Gasteiger partial charge in [-0.2, -0.15) is 16.8 Å². The molecule has 0 N–H and O–H groups in total. The molecule has 0 spiro atoms. The van der Waals surface area contributed by atoms with Gasteiger partial charge in [0.25, 0.3) is 11.6 Å². The third-order valence-corrected chi connectivity index (χ3v) is 6.63. The lowest BCUT2D eigenvalue weighted by Gasteiger charge is -2.03. The molecule has 0 aliphatic heterocycles. The molecule has 0 saturated carbocycles. The lowest BCUT2D eigenvalue weighted by molar-refractivity contribution is -0.384. The fourth-order valence-electron chi connectivity index (χ4n) is 2.58. The van der Waals surface area contributed by atoms with E-state index in [4.69, 9.17) is 0 Å². The minimum absolute atomic E-state index is 0.0403. The van der Waals surface area contributed by atoms with Crippen LogP contribution < -0.4 is 4.80 Å². The van der Waals surface area contributed by atoms with Gasteiger partial charge in [-0.3, -0.25) is 14.9 Å². The normalized spacial score (nSPS) is 11.9. The molecule has 0 aliphatic rings. The Labute approximate surface area is 174 Å². The molecule has 1 aromatic heterocycles. The summed E-state index contributed by atoms with van der Waals surface area (Å²) >= 11 is 4.46. The number of amides is 1. The highest BCUT2D eigenvalue weighted by Gasteiger charge is 2.13. The molecule has 0 unspecified atom stereocenters. The Morgan fingerprint density at radius 3 is 2.68 bits per heavy atom. The number of carbonyl (C=O) groups excluding carboxylic acids is 1. The second-order valence-corrected chi connectivity index (χ2v) is 9.09. The standard InChI is InChI=1S/C19H19N3O3S3/c1-13-3-6-15(7-4-13)27-12-18(23)20-19-21(9-10-26-2)16-8-5-14(22(24)25)11-17(16)28-19/h3-8,11H,9-10,12H2,1-2H3. The van der Waals surface area contributed by atoms with Gasteiger partial charge >= 0.3 is 0 Å². The maximum absolute atomic E-state index is 12.4. The van der Waals surface area contributed by atoms with Crippen LogP contribution in [0, 0.1) is 17.0 Å². The van der Waals surface area contributed by atoms with Gasteiger partial charge in [0, 0.05) is 29.3 Å². The first kappa shape index (κ1) is 20.6. The summed E-state index contributed by atoms with van der Waals surface area (Å²) in [6.07, 6.45) is 2.01. The number of fused-ring (bicyclic) bond motifs is 1. The van der Waals surface area contributed by atoms with Gasteiger partial charge in [0.2, 0.25) is 0 Å². The van der Waals surface area contributed by atoms with Gasteiger partial charge in [-0.05, 0) is 31.4 Å². The molecule has 3 rings (SSSR count). The molecular formula is C19H19N3O3S3. The Hall–Kier alpha value is -2.10. The molecular weight excluding hydrogens is 414 g/mol. The predicted molar refractivity (Wildman–Crippen MR) is 117 cm³/mol. The number of benzene rings is 2. The first-order valence-electron chi connectivity index (χ1n) is 8.51. The average Bonchev–Trinajstić information content (AvgIpc) is 3.01. The Bertz CT molecular complexity index is 1070. The lowest BCUT2D eigenvalue weighted by Crippen LogP contribution is -2.18. The average molecular weight is 434 g/mol. The van der Waals surface area contributed by atoms with Crippen molar-refractivity contribution in [2.45, 2.75) is 18.4 Å². The number of nitro benzene ring substituents is 1. The summed E-state index contributed by atoms with van der Waals surface area (Å²) in [5.74, 6) is 0.895. The van der Waals surface area contributed by atoms with Gasteiger partial charge in [0.1, 0.15) is 0 Å². The van der Waals surface area contributed by atoms with E-state index in [0.29, 0.717) is 11.3 Å². The van der Waals surface area contributed by atoms with Crippen molar-refractivity contribution in [1.82, 2.24) is 4.57 Å². The van der Waals surface area contributed by atoms with Gasteiger partial charge in [0.05, 0.1) is 20.9 Å². The van der Waals surface area contributed by atoms with E-state index in [0.717, 1.165) is 20.9 Å². The fraction of sp³-hybridized carbons (Fsp3) is 0.263. The van der Waals surface area contributed by atoms with Crippen LogP contribution >= 0.6 is 34.9 Å². The molecule has 0 fully saturated rings. The molecule has 0 radical (unpaired) electrons. The van der Waals surface area contributed by atoms with Gasteiger partial charge in [0.15, 0.2) is 4.80 Å². The molecule has 1 amide bonds. The maximum Gasteiger partial charge on any atom is 0.270 e. The Kier molecular flexibility index (Phi) is 6.93. The largest absolute Gasteiger partial charge is 0.316 e. The first-order chi connectivity index (χ1) is 13.5. The van der Waals surface area contributed by atoms with Crippen LogP contribution in [0.3, 0.4) is 0 Å². The van der Waals surface area contributed by atoms with Crippen LogP contribution in [0.15, 0.2) is 52.4 Å². The summed E-state index contributed by atoms with van der Waals surface area (Å²) in [6.45, 7) is 2.71. The monoisotopic (exact) mass is 433 g/mol. The molecule has 9 heteroatoms.